The third kappa shape index (κ3) is 14.4. The van der Waals surface area contributed by atoms with E-state index in [1.165, 1.54) is 64.6 Å². The zero-order valence-corrected chi connectivity index (χ0v) is 15.5. The molecule has 0 aromatic rings. The van der Waals surface area contributed by atoms with Crippen molar-refractivity contribution < 1.29 is 0 Å². The van der Waals surface area contributed by atoms with E-state index in [1.54, 1.807) is 0 Å². The quantitative estimate of drug-likeness (QED) is 0.436. The number of nitrogens with zero attached hydrogens (tertiary/aromatic N) is 1. The van der Waals surface area contributed by atoms with Gasteiger partial charge in [0.15, 0.2) is 0 Å². The molecule has 0 radical (unpaired) electrons. The molecule has 0 aliphatic rings. The van der Waals surface area contributed by atoms with E-state index in [2.05, 4.69) is 53.4 Å². The van der Waals surface area contributed by atoms with Gasteiger partial charge in [-0.1, -0.05) is 61.3 Å². The van der Waals surface area contributed by atoms with Gasteiger partial charge in [-0.3, -0.25) is 0 Å². The van der Waals surface area contributed by atoms with Gasteiger partial charge in [0.05, 0.1) is 0 Å². The topological polar surface area (TPSA) is 3.24 Å². The van der Waals surface area contributed by atoms with E-state index in [0.29, 0.717) is 10.8 Å². The van der Waals surface area contributed by atoms with Gasteiger partial charge in [0.25, 0.3) is 0 Å². The third-order valence-electron chi connectivity index (χ3n) is 3.88. The van der Waals surface area contributed by atoms with E-state index in [9.17, 15) is 0 Å². The van der Waals surface area contributed by atoms with Gasteiger partial charge in [0.2, 0.25) is 0 Å². The van der Waals surface area contributed by atoms with Gasteiger partial charge >= 0.3 is 0 Å². The summed E-state index contributed by atoms with van der Waals surface area (Å²) in [7, 11) is 0. The second-order valence-corrected chi connectivity index (χ2v) is 8.88. The number of hydrogen-bond donors (Lipinski definition) is 0. The first-order valence-electron chi connectivity index (χ1n) is 8.86. The molecule has 0 aliphatic carbocycles. The largest absolute Gasteiger partial charge is 0.303 e. The molecule has 0 amide bonds. The molecule has 0 heterocycles. The first-order valence-corrected chi connectivity index (χ1v) is 8.86. The van der Waals surface area contributed by atoms with Gasteiger partial charge < -0.3 is 4.90 Å². The van der Waals surface area contributed by atoms with Gasteiger partial charge in [-0.15, -0.1) is 0 Å². The molecule has 0 aromatic carbocycles. The van der Waals surface area contributed by atoms with Crippen LogP contribution in [0.2, 0.25) is 0 Å². The maximum atomic E-state index is 2.72. The Bertz CT molecular complexity index is 199. The van der Waals surface area contributed by atoms with Crippen molar-refractivity contribution >= 4 is 0 Å². The van der Waals surface area contributed by atoms with Crippen LogP contribution in [0.4, 0.5) is 0 Å². The highest BCUT2D eigenvalue weighted by molar-refractivity contribution is 4.67. The van der Waals surface area contributed by atoms with Gasteiger partial charge in [-0.2, -0.15) is 0 Å². The van der Waals surface area contributed by atoms with Crippen molar-refractivity contribution in [2.75, 3.05) is 19.6 Å². The molecule has 0 saturated carbocycles. The van der Waals surface area contributed by atoms with Gasteiger partial charge in [0.1, 0.15) is 0 Å². The Balaban J connectivity index is 4.00. The maximum Gasteiger partial charge on any atom is -0.00185 e. The molecule has 0 N–H and O–H groups in total. The van der Waals surface area contributed by atoms with Crippen molar-refractivity contribution in [3.05, 3.63) is 0 Å². The lowest BCUT2D eigenvalue weighted by Gasteiger charge is -2.26. The molecule has 0 atom stereocenters. The SMILES string of the molecule is CCCCCN(CCCC(C)(C)C)CCCC(C)(C)C. The Hall–Kier alpha value is -0.0400. The molecule has 0 aromatic heterocycles. The van der Waals surface area contributed by atoms with Crippen molar-refractivity contribution in [1.82, 2.24) is 4.90 Å². The van der Waals surface area contributed by atoms with Crippen molar-refractivity contribution in [3.63, 3.8) is 0 Å². The highest BCUT2D eigenvalue weighted by Gasteiger charge is 2.13. The Kier molecular flexibility index (Phi) is 9.80. The van der Waals surface area contributed by atoms with Crippen LogP contribution in [-0.2, 0) is 0 Å². The fraction of sp³-hybridized carbons (Fsp3) is 1.00. The monoisotopic (exact) mass is 283 g/mol. The zero-order valence-electron chi connectivity index (χ0n) is 15.5. The summed E-state index contributed by atoms with van der Waals surface area (Å²) in [6.45, 7) is 20.3. The molecule has 0 fully saturated rings. The minimum atomic E-state index is 0.487. The average Bonchev–Trinajstić information content (AvgIpc) is 2.25. The Labute approximate surface area is 129 Å². The molecule has 0 unspecified atom stereocenters. The molecule has 20 heavy (non-hydrogen) atoms. The number of hydrogen-bond acceptors (Lipinski definition) is 1. The molecule has 1 nitrogen and oxygen atoms in total. The minimum Gasteiger partial charge on any atom is -0.303 e. The molecule has 122 valence electrons. The van der Waals surface area contributed by atoms with Crippen LogP contribution in [0.1, 0.15) is 93.4 Å². The Morgan fingerprint density at radius 1 is 0.600 bits per heavy atom. The van der Waals surface area contributed by atoms with Crippen LogP contribution in [0.5, 0.6) is 0 Å². The summed E-state index contributed by atoms with van der Waals surface area (Å²) in [6, 6.07) is 0. The van der Waals surface area contributed by atoms with Gasteiger partial charge in [-0.25, -0.2) is 0 Å². The lowest BCUT2D eigenvalue weighted by Crippen LogP contribution is -2.28. The van der Waals surface area contributed by atoms with E-state index >= 15 is 0 Å². The second kappa shape index (κ2) is 9.82. The zero-order chi connectivity index (χ0) is 15.6. The van der Waals surface area contributed by atoms with Crippen LogP contribution in [0.3, 0.4) is 0 Å². The second-order valence-electron chi connectivity index (χ2n) is 8.88. The Morgan fingerprint density at radius 3 is 1.35 bits per heavy atom. The molecular weight excluding hydrogens is 242 g/mol. The van der Waals surface area contributed by atoms with E-state index in [-0.39, 0.29) is 0 Å². The smallest absolute Gasteiger partial charge is 0.00185 e. The van der Waals surface area contributed by atoms with Crippen molar-refractivity contribution in [3.8, 4) is 0 Å². The van der Waals surface area contributed by atoms with E-state index in [4.69, 9.17) is 0 Å². The number of rotatable bonds is 10. The summed E-state index contributed by atoms with van der Waals surface area (Å²) in [6.07, 6.45) is 9.48. The fourth-order valence-electron chi connectivity index (χ4n) is 2.59. The van der Waals surface area contributed by atoms with Crippen LogP contribution in [0.25, 0.3) is 0 Å². The van der Waals surface area contributed by atoms with Gasteiger partial charge in [0, 0.05) is 0 Å². The van der Waals surface area contributed by atoms with E-state index in [1.807, 2.05) is 0 Å². The molecule has 0 aliphatic heterocycles. The first kappa shape index (κ1) is 20.0. The third-order valence-corrected chi connectivity index (χ3v) is 3.88. The fourth-order valence-corrected chi connectivity index (χ4v) is 2.59. The summed E-state index contributed by atoms with van der Waals surface area (Å²) in [5.41, 5.74) is 0.973. The molecule has 0 saturated heterocycles. The predicted molar refractivity (Wildman–Crippen MR) is 93.3 cm³/mol. The van der Waals surface area contributed by atoms with Crippen LogP contribution >= 0.6 is 0 Å². The van der Waals surface area contributed by atoms with Crippen LogP contribution in [0, 0.1) is 10.8 Å². The van der Waals surface area contributed by atoms with Crippen molar-refractivity contribution in [2.24, 2.45) is 10.8 Å². The van der Waals surface area contributed by atoms with Gasteiger partial charge in [-0.05, 0) is 62.6 Å². The van der Waals surface area contributed by atoms with E-state index < -0.39 is 0 Å². The number of unbranched alkanes of at least 4 members (excludes halogenated alkanes) is 2. The summed E-state index contributed by atoms with van der Waals surface area (Å²) in [4.78, 5) is 2.72. The average molecular weight is 284 g/mol. The lowest BCUT2D eigenvalue weighted by atomic mass is 9.90. The molecular formula is C19H41N. The predicted octanol–water partition coefficient (Wildman–Crippen LogP) is 6.13. The summed E-state index contributed by atoms with van der Waals surface area (Å²) in [5.74, 6) is 0. The molecule has 0 spiro atoms. The van der Waals surface area contributed by atoms with Crippen molar-refractivity contribution in [2.45, 2.75) is 93.4 Å². The molecule has 0 bridgehead atoms. The standard InChI is InChI=1S/C19H41N/c1-8-9-10-15-20(16-11-13-18(2,3)4)17-12-14-19(5,6)7/h8-17H2,1-7H3. The first-order chi connectivity index (χ1) is 9.14. The minimum absolute atomic E-state index is 0.487. The highest BCUT2D eigenvalue weighted by Crippen LogP contribution is 2.22. The summed E-state index contributed by atoms with van der Waals surface area (Å²) < 4.78 is 0. The van der Waals surface area contributed by atoms with Crippen LogP contribution in [-0.4, -0.2) is 24.5 Å². The Morgan fingerprint density at radius 2 is 1.00 bits per heavy atom. The van der Waals surface area contributed by atoms with Crippen LogP contribution < -0.4 is 0 Å². The summed E-state index contributed by atoms with van der Waals surface area (Å²) in [5, 5.41) is 0. The normalized spacial score (nSPS) is 13.2. The van der Waals surface area contributed by atoms with Crippen molar-refractivity contribution in [1.29, 1.82) is 0 Å². The van der Waals surface area contributed by atoms with Crippen LogP contribution in [0.15, 0.2) is 0 Å². The van der Waals surface area contributed by atoms with E-state index in [0.717, 1.165) is 0 Å². The lowest BCUT2D eigenvalue weighted by molar-refractivity contribution is 0.226. The summed E-state index contributed by atoms with van der Waals surface area (Å²) >= 11 is 0. The molecule has 1 heteroatoms. The maximum absolute atomic E-state index is 2.72. The highest BCUT2D eigenvalue weighted by atomic mass is 15.1. The molecule has 0 rings (SSSR count).